The molecular formula is C46H43BrF4N14O5. The Bertz CT molecular complexity index is 3210. The molecule has 2 aliphatic rings. The largest absolute Gasteiger partial charge is 0.486 e. The predicted molar refractivity (Wildman–Crippen MR) is 252 cm³/mol. The van der Waals surface area contributed by atoms with E-state index in [1.807, 2.05) is 4.90 Å². The van der Waals surface area contributed by atoms with E-state index in [9.17, 15) is 27.6 Å². The van der Waals surface area contributed by atoms with Crippen molar-refractivity contribution < 1.29 is 41.4 Å². The van der Waals surface area contributed by atoms with Crippen LogP contribution in [0.15, 0.2) is 71.6 Å². The fraction of sp³-hybridized carbons (Fsp3) is 0.283. The van der Waals surface area contributed by atoms with E-state index in [2.05, 4.69) is 68.1 Å². The van der Waals surface area contributed by atoms with Crippen LogP contribution in [-0.2, 0) is 16.1 Å². The average molecular weight is 1030 g/mol. The zero-order valence-electron chi connectivity index (χ0n) is 37.5. The Labute approximate surface area is 404 Å². The molecule has 0 spiro atoms. The Kier molecular flexibility index (Phi) is 13.2. The highest BCUT2D eigenvalue weighted by Gasteiger charge is 2.28. The van der Waals surface area contributed by atoms with Gasteiger partial charge in [0, 0.05) is 50.1 Å². The van der Waals surface area contributed by atoms with Crippen LogP contribution in [0.3, 0.4) is 0 Å². The maximum absolute atomic E-state index is 15.1. The van der Waals surface area contributed by atoms with E-state index in [0.29, 0.717) is 57.9 Å². The number of rotatable bonds is 15. The van der Waals surface area contributed by atoms with Gasteiger partial charge in [0.25, 0.3) is 11.8 Å². The molecule has 2 fully saturated rings. The summed E-state index contributed by atoms with van der Waals surface area (Å²) in [4.78, 5) is 69.0. The summed E-state index contributed by atoms with van der Waals surface area (Å²) in [7, 11) is 1.50. The highest BCUT2D eigenvalue weighted by atomic mass is 79.9. The molecule has 3 aromatic carbocycles. The number of likely N-dealkylation sites (N-methyl/N-ethyl adjacent to an activating group) is 1. The van der Waals surface area contributed by atoms with Gasteiger partial charge in [0.1, 0.15) is 48.2 Å². The molecule has 362 valence electrons. The fourth-order valence-electron chi connectivity index (χ4n) is 7.81. The molecule has 19 nitrogen and oxygen atoms in total. The summed E-state index contributed by atoms with van der Waals surface area (Å²) >= 11 is 3.47. The number of anilines is 4. The number of H-pyrrole nitrogens is 1. The number of nitrogens with two attached hydrogens (primary N) is 1. The zero-order chi connectivity index (χ0) is 49.4. The lowest BCUT2D eigenvalue weighted by molar-refractivity contribution is -0.126. The van der Waals surface area contributed by atoms with Crippen molar-refractivity contribution in [3.05, 3.63) is 117 Å². The van der Waals surface area contributed by atoms with Gasteiger partial charge < -0.3 is 45.5 Å². The van der Waals surface area contributed by atoms with E-state index in [0.717, 1.165) is 30.5 Å². The molecule has 5 heterocycles. The Balaban J connectivity index is 0.763. The first kappa shape index (κ1) is 47.2. The summed E-state index contributed by atoms with van der Waals surface area (Å²) in [5.74, 6) is -3.52. The smallest absolute Gasteiger partial charge is 0.410 e. The van der Waals surface area contributed by atoms with Crippen LogP contribution in [0.2, 0.25) is 0 Å². The Morgan fingerprint density at radius 3 is 2.54 bits per heavy atom. The van der Waals surface area contributed by atoms with Crippen LogP contribution in [0, 0.1) is 30.2 Å². The molecule has 0 bridgehead atoms. The minimum Gasteiger partial charge on any atom is -0.486 e. The Morgan fingerprint density at radius 1 is 1.00 bits per heavy atom. The predicted octanol–water partition coefficient (Wildman–Crippen LogP) is 6.76. The summed E-state index contributed by atoms with van der Waals surface area (Å²) in [6.07, 6.45) is 4.02. The number of amides is 3. The van der Waals surface area contributed by atoms with Crippen molar-refractivity contribution in [1.82, 2.24) is 49.3 Å². The molecule has 4 aromatic heterocycles. The molecule has 70 heavy (non-hydrogen) atoms. The maximum Gasteiger partial charge on any atom is 0.410 e. The summed E-state index contributed by atoms with van der Waals surface area (Å²) in [6.45, 7) is 6.16. The first-order chi connectivity index (χ1) is 33.6. The number of nitrogens with zero attached hydrogens (tertiary/aromatic N) is 10. The van der Waals surface area contributed by atoms with Gasteiger partial charge in [-0.2, -0.15) is 19.6 Å². The summed E-state index contributed by atoms with van der Waals surface area (Å²) in [5.41, 5.74) is 8.31. The lowest BCUT2D eigenvalue weighted by Gasteiger charge is -2.34. The Hall–Kier alpha value is -7.89. The van der Waals surface area contributed by atoms with Crippen LogP contribution in [0.4, 0.5) is 45.8 Å². The molecule has 0 unspecified atom stereocenters. The van der Waals surface area contributed by atoms with E-state index in [1.165, 1.54) is 52.0 Å². The number of carbonyl (C=O) groups excluding carboxylic acids is 3. The second-order valence-corrected chi connectivity index (χ2v) is 17.5. The van der Waals surface area contributed by atoms with E-state index in [1.54, 1.807) is 19.2 Å². The molecule has 1 aliphatic heterocycles. The number of hydrogen-bond donors (Lipinski definition) is 4. The van der Waals surface area contributed by atoms with Crippen molar-refractivity contribution in [2.75, 3.05) is 74.3 Å². The van der Waals surface area contributed by atoms with Crippen LogP contribution < -0.4 is 26.0 Å². The van der Waals surface area contributed by atoms with E-state index >= 15 is 4.39 Å². The number of ether oxygens (including phenoxy) is 2. The van der Waals surface area contributed by atoms with Crippen molar-refractivity contribution in [2.24, 2.45) is 0 Å². The second-order valence-electron chi connectivity index (χ2n) is 16.6. The molecule has 9 rings (SSSR count). The average Bonchev–Trinajstić information content (AvgIpc) is 4.02. The number of piperazine rings is 1. The monoisotopic (exact) mass is 1030 g/mol. The van der Waals surface area contributed by atoms with Gasteiger partial charge in [-0.1, -0.05) is 12.6 Å². The quantitative estimate of drug-likeness (QED) is 0.0615. The van der Waals surface area contributed by atoms with Crippen molar-refractivity contribution >= 4 is 73.9 Å². The third-order valence-electron chi connectivity index (χ3n) is 11.8. The molecular weight excluding hydrogens is 984 g/mol. The van der Waals surface area contributed by atoms with Crippen molar-refractivity contribution in [3.8, 4) is 17.0 Å². The Morgan fingerprint density at radius 2 is 1.79 bits per heavy atom. The van der Waals surface area contributed by atoms with Crippen molar-refractivity contribution in [3.63, 3.8) is 0 Å². The normalized spacial score (nSPS) is 13.7. The maximum atomic E-state index is 15.1. The second kappa shape index (κ2) is 19.6. The summed E-state index contributed by atoms with van der Waals surface area (Å²) in [5, 5.41) is 10.1. The highest BCUT2D eigenvalue weighted by Crippen LogP contribution is 2.41. The number of imidazole rings is 1. The van der Waals surface area contributed by atoms with Crippen LogP contribution in [0.1, 0.15) is 46.1 Å². The first-order valence-electron chi connectivity index (χ1n) is 21.9. The topological polar surface area (TPSA) is 227 Å². The number of carbonyl (C=O) groups is 3. The zero-order valence-corrected chi connectivity index (χ0v) is 39.1. The fourth-order valence-corrected chi connectivity index (χ4v) is 8.16. The van der Waals surface area contributed by atoms with Gasteiger partial charge in [-0.15, -0.1) is 0 Å². The van der Waals surface area contributed by atoms with Crippen molar-refractivity contribution in [2.45, 2.75) is 32.2 Å². The van der Waals surface area contributed by atoms with Gasteiger partial charge in [-0.3, -0.25) is 9.59 Å². The number of aromatic amines is 1. The number of hydrogen-bond acceptors (Lipinski definition) is 14. The molecule has 3 amide bonds. The minimum atomic E-state index is -1.05. The summed E-state index contributed by atoms with van der Waals surface area (Å²) in [6, 6.07) is 9.22. The number of benzene rings is 3. The number of fused-ring (bicyclic) bond motifs is 2. The van der Waals surface area contributed by atoms with Crippen molar-refractivity contribution in [1.29, 1.82) is 0 Å². The first-order valence-corrected chi connectivity index (χ1v) is 22.6. The standard InChI is InChI=1S/C46H43BrF4N14O5/c1-23(21-70-46(68)64-12-10-63(11-13-64)45-60-41-30(47)19-56-65(41)44(61-45)53-20-35-57-33-9-8-31(49)36(51)38(33)59-35)43(67)62(3)14-15-69-39-37(54-22-55-40(39)52)29-17-27(48)18-34(24(29)2)58-42(66)28-7-6-26(16-32(28)50)25-4-5-25/h6-9,16-19,22,25H,1,4-5,10-15,20-21H2,2-3H3,(H,57,59)(H,58,66)(H2,52,54,55)(H,53,60,61). The van der Waals surface area contributed by atoms with Gasteiger partial charge >= 0.3 is 6.09 Å². The molecule has 0 radical (unpaired) electrons. The number of aromatic nitrogens is 8. The molecule has 0 atom stereocenters. The highest BCUT2D eigenvalue weighted by molar-refractivity contribution is 9.10. The van der Waals surface area contributed by atoms with Gasteiger partial charge in [0.2, 0.25) is 11.9 Å². The number of nitrogen functional groups attached to an aromatic ring is 1. The van der Waals surface area contributed by atoms with Gasteiger partial charge in [-0.25, -0.2) is 37.3 Å². The SMILES string of the molecule is C=C(COC(=O)N1CCN(c2nc(NCc3nc4c(F)c(F)ccc4[nH]3)n3ncc(Br)c3n2)CC1)C(=O)N(C)CCOc1c(N)ncnc1-c1cc(F)cc(NC(=O)c2ccc(C3CC3)cc2F)c1C. The van der Waals surface area contributed by atoms with E-state index in [4.69, 9.17) is 15.2 Å². The molecule has 1 saturated heterocycles. The molecule has 7 aromatic rings. The molecule has 5 N–H and O–H groups in total. The van der Waals surface area contributed by atoms with Crippen LogP contribution in [-0.4, -0.2) is 120 Å². The number of halogens is 5. The van der Waals surface area contributed by atoms with Gasteiger partial charge in [-0.05, 0) is 89.1 Å². The molecule has 1 aliphatic carbocycles. The van der Waals surface area contributed by atoms with Crippen LogP contribution in [0.5, 0.6) is 5.75 Å². The third-order valence-corrected chi connectivity index (χ3v) is 12.4. The van der Waals surface area contributed by atoms with E-state index in [-0.39, 0.29) is 84.6 Å². The van der Waals surface area contributed by atoms with E-state index < -0.39 is 41.2 Å². The van der Waals surface area contributed by atoms with Gasteiger partial charge in [0.15, 0.2) is 28.8 Å². The lowest BCUT2D eigenvalue weighted by atomic mass is 10.0. The molecule has 1 saturated carbocycles. The third kappa shape index (κ3) is 9.84. The lowest BCUT2D eigenvalue weighted by Crippen LogP contribution is -2.49. The van der Waals surface area contributed by atoms with Crippen LogP contribution >= 0.6 is 15.9 Å². The molecule has 24 heteroatoms. The van der Waals surface area contributed by atoms with Crippen LogP contribution in [0.25, 0.3) is 27.9 Å². The van der Waals surface area contributed by atoms with Gasteiger partial charge in [0.05, 0.1) is 34.8 Å². The summed E-state index contributed by atoms with van der Waals surface area (Å²) < 4.78 is 71.7. The number of nitrogens with one attached hydrogen (secondary N) is 3. The minimum absolute atomic E-state index is 0.000250.